The second-order valence-corrected chi connectivity index (χ2v) is 9.82. The first-order valence-corrected chi connectivity index (χ1v) is 12.1. The van der Waals surface area contributed by atoms with Gasteiger partial charge in [-0.2, -0.15) is 0 Å². The van der Waals surface area contributed by atoms with Gasteiger partial charge in [0.15, 0.2) is 0 Å². The van der Waals surface area contributed by atoms with Crippen molar-refractivity contribution in [1.29, 1.82) is 0 Å². The second kappa shape index (κ2) is 9.98. The van der Waals surface area contributed by atoms with E-state index in [1.807, 2.05) is 12.1 Å². The van der Waals surface area contributed by atoms with E-state index in [2.05, 4.69) is 49.1 Å². The largest absolute Gasteiger partial charge is 0.103 e. The van der Waals surface area contributed by atoms with Crippen molar-refractivity contribution >= 4 is 11.6 Å². The van der Waals surface area contributed by atoms with E-state index in [0.717, 1.165) is 28.7 Å². The van der Waals surface area contributed by atoms with Gasteiger partial charge in [-0.05, 0) is 104 Å². The minimum atomic E-state index is 0.759. The maximum atomic E-state index is 6.02. The molecule has 29 heavy (non-hydrogen) atoms. The normalized spacial score (nSPS) is 27.5. The van der Waals surface area contributed by atoms with Crippen LogP contribution in [0.4, 0.5) is 0 Å². The molecule has 4 rings (SSSR count). The van der Waals surface area contributed by atoms with Crippen LogP contribution in [0.3, 0.4) is 0 Å². The monoisotopic (exact) mass is 406 g/mol. The van der Waals surface area contributed by atoms with Crippen molar-refractivity contribution in [3.63, 3.8) is 0 Å². The molecule has 154 valence electrons. The van der Waals surface area contributed by atoms with E-state index in [0.29, 0.717) is 0 Å². The van der Waals surface area contributed by atoms with Crippen molar-refractivity contribution in [2.75, 3.05) is 0 Å². The van der Waals surface area contributed by atoms with Crippen LogP contribution in [0, 0.1) is 17.8 Å². The Hall–Kier alpha value is -1.53. The summed E-state index contributed by atoms with van der Waals surface area (Å²) in [6, 6.07) is 17.4. The molecule has 2 aliphatic carbocycles. The lowest BCUT2D eigenvalue weighted by Crippen LogP contribution is -2.25. The molecule has 2 aliphatic rings. The lowest BCUT2D eigenvalue weighted by molar-refractivity contribution is 0.157. The summed E-state index contributed by atoms with van der Waals surface area (Å²) < 4.78 is 0. The van der Waals surface area contributed by atoms with Crippen LogP contribution in [-0.2, 0) is 0 Å². The highest BCUT2D eigenvalue weighted by molar-refractivity contribution is 6.30. The molecular weight excluding hydrogens is 372 g/mol. The number of hydrogen-bond donors (Lipinski definition) is 0. The highest BCUT2D eigenvalue weighted by Gasteiger charge is 2.31. The average molecular weight is 407 g/mol. The smallest absolute Gasteiger partial charge is 0.0406 e. The van der Waals surface area contributed by atoms with Crippen LogP contribution in [0.5, 0.6) is 0 Å². The van der Waals surface area contributed by atoms with E-state index in [-0.39, 0.29) is 0 Å². The van der Waals surface area contributed by atoms with Gasteiger partial charge in [0, 0.05) is 5.02 Å². The summed E-state index contributed by atoms with van der Waals surface area (Å²) in [5.74, 6) is 3.72. The van der Waals surface area contributed by atoms with Crippen LogP contribution in [0.25, 0.3) is 11.1 Å². The fraction of sp³-hybridized carbons (Fsp3) is 0.500. The molecule has 2 saturated carbocycles. The number of benzene rings is 2. The minimum absolute atomic E-state index is 0.759. The summed E-state index contributed by atoms with van der Waals surface area (Å²) >= 11 is 6.02. The van der Waals surface area contributed by atoms with Crippen LogP contribution >= 0.6 is 11.6 Å². The molecule has 0 radical (unpaired) electrons. The highest BCUT2D eigenvalue weighted by Crippen LogP contribution is 2.44. The molecule has 2 aromatic rings. The van der Waals surface area contributed by atoms with Crippen LogP contribution in [0.15, 0.2) is 61.2 Å². The molecule has 0 bridgehead atoms. The Morgan fingerprint density at radius 1 is 0.724 bits per heavy atom. The number of hydrogen-bond acceptors (Lipinski definition) is 0. The third-order valence-electron chi connectivity index (χ3n) is 7.67. The molecule has 2 aromatic carbocycles. The number of halogens is 1. The quantitative estimate of drug-likeness (QED) is 0.419. The average Bonchev–Trinajstić information content (AvgIpc) is 2.79. The zero-order valence-corrected chi connectivity index (χ0v) is 18.4. The summed E-state index contributed by atoms with van der Waals surface area (Å²) in [6.45, 7) is 3.88. The molecule has 0 spiro atoms. The topological polar surface area (TPSA) is 0 Å². The van der Waals surface area contributed by atoms with E-state index in [1.165, 1.54) is 80.9 Å². The van der Waals surface area contributed by atoms with Gasteiger partial charge in [-0.15, -0.1) is 6.58 Å². The Bertz CT molecular complexity index is 757. The summed E-state index contributed by atoms with van der Waals surface area (Å²) in [6.07, 6.45) is 16.2. The predicted octanol–water partition coefficient (Wildman–Crippen LogP) is 9.05. The van der Waals surface area contributed by atoms with Gasteiger partial charge in [-0.25, -0.2) is 0 Å². The molecule has 2 fully saturated rings. The Morgan fingerprint density at radius 2 is 1.24 bits per heavy atom. The fourth-order valence-corrected chi connectivity index (χ4v) is 5.94. The van der Waals surface area contributed by atoms with E-state index >= 15 is 0 Å². The van der Waals surface area contributed by atoms with Gasteiger partial charge < -0.3 is 0 Å². The van der Waals surface area contributed by atoms with E-state index in [9.17, 15) is 0 Å². The number of allylic oxidation sites excluding steroid dienone is 1. The third-order valence-corrected chi connectivity index (χ3v) is 7.92. The Labute approximate surface area is 182 Å². The van der Waals surface area contributed by atoms with Gasteiger partial charge in [-0.3, -0.25) is 0 Å². The van der Waals surface area contributed by atoms with Gasteiger partial charge in [-0.1, -0.05) is 66.9 Å². The van der Waals surface area contributed by atoms with Crippen LogP contribution in [0.1, 0.15) is 75.7 Å². The molecule has 1 heteroatoms. The van der Waals surface area contributed by atoms with E-state index in [4.69, 9.17) is 11.6 Å². The third kappa shape index (κ3) is 5.34. The molecule has 0 amide bonds. The molecule has 0 aromatic heterocycles. The van der Waals surface area contributed by atoms with Crippen molar-refractivity contribution < 1.29 is 0 Å². The lowest BCUT2D eigenvalue weighted by Gasteiger charge is -2.38. The van der Waals surface area contributed by atoms with Crippen molar-refractivity contribution in [3.05, 3.63) is 71.8 Å². The molecule has 0 saturated heterocycles. The second-order valence-electron chi connectivity index (χ2n) is 9.39. The molecule has 0 unspecified atom stereocenters. The van der Waals surface area contributed by atoms with E-state index in [1.54, 1.807) is 0 Å². The van der Waals surface area contributed by atoms with Crippen LogP contribution in [0.2, 0.25) is 5.02 Å². The van der Waals surface area contributed by atoms with Gasteiger partial charge >= 0.3 is 0 Å². The predicted molar refractivity (Wildman–Crippen MR) is 126 cm³/mol. The molecule has 0 nitrogen and oxygen atoms in total. The first kappa shape index (κ1) is 20.7. The zero-order chi connectivity index (χ0) is 20.1. The summed E-state index contributed by atoms with van der Waals surface area (Å²) in [4.78, 5) is 0. The summed E-state index contributed by atoms with van der Waals surface area (Å²) in [5, 5.41) is 0.799. The van der Waals surface area contributed by atoms with Gasteiger partial charge in [0.2, 0.25) is 0 Å². The van der Waals surface area contributed by atoms with Gasteiger partial charge in [0.05, 0.1) is 0 Å². The van der Waals surface area contributed by atoms with Crippen molar-refractivity contribution in [2.45, 2.75) is 70.1 Å². The van der Waals surface area contributed by atoms with Crippen LogP contribution < -0.4 is 0 Å². The van der Waals surface area contributed by atoms with Crippen molar-refractivity contribution in [1.82, 2.24) is 0 Å². The van der Waals surface area contributed by atoms with E-state index < -0.39 is 0 Å². The highest BCUT2D eigenvalue weighted by atomic mass is 35.5. The molecule has 0 aliphatic heterocycles. The zero-order valence-electron chi connectivity index (χ0n) is 17.7. The molecule has 0 heterocycles. The van der Waals surface area contributed by atoms with Crippen molar-refractivity contribution in [2.24, 2.45) is 17.8 Å². The first-order valence-electron chi connectivity index (χ1n) is 11.7. The molecular formula is C28H35Cl. The van der Waals surface area contributed by atoms with Gasteiger partial charge in [0.1, 0.15) is 0 Å². The van der Waals surface area contributed by atoms with Crippen LogP contribution in [-0.4, -0.2) is 0 Å². The Kier molecular flexibility index (Phi) is 7.14. The summed E-state index contributed by atoms with van der Waals surface area (Å²) in [7, 11) is 0. The first-order chi connectivity index (χ1) is 14.2. The minimum Gasteiger partial charge on any atom is -0.103 e. The Morgan fingerprint density at radius 3 is 1.79 bits per heavy atom. The molecule has 0 atom stereocenters. The standard InChI is InChI=1S/C28H35Cl/c1-2-3-4-21-5-7-22(8-6-21)23-9-11-24(12-10-23)25-13-15-26(16-14-25)27-17-19-28(29)20-18-27/h2,13-24H,1,3-12H2/t21-,22-,23?,24?. The fourth-order valence-electron chi connectivity index (χ4n) is 5.82. The van der Waals surface area contributed by atoms with Crippen molar-refractivity contribution in [3.8, 4) is 11.1 Å². The lowest BCUT2D eigenvalue weighted by atomic mass is 9.68. The molecule has 0 N–H and O–H groups in total. The van der Waals surface area contributed by atoms with Gasteiger partial charge in [0.25, 0.3) is 0 Å². The summed E-state index contributed by atoms with van der Waals surface area (Å²) in [5.41, 5.74) is 4.06. The SMILES string of the molecule is C=CCC[C@H]1CC[C@H](C2CCC(c3ccc(-c4ccc(Cl)cc4)cc3)CC2)CC1. The Balaban J connectivity index is 1.27. The maximum absolute atomic E-state index is 6.02. The number of rotatable bonds is 6. The maximum Gasteiger partial charge on any atom is 0.0406 e.